The summed E-state index contributed by atoms with van der Waals surface area (Å²) in [5.74, 6) is 1.37. The summed E-state index contributed by atoms with van der Waals surface area (Å²) in [5, 5.41) is 16.8. The van der Waals surface area contributed by atoms with Crippen LogP contribution in [0.2, 0.25) is 0 Å². The van der Waals surface area contributed by atoms with E-state index in [1.165, 1.54) is 10.9 Å². The largest absolute Gasteiger partial charge is 0.454 e. The molecule has 23 heavy (non-hydrogen) atoms. The molecule has 0 saturated heterocycles. The Balaban J connectivity index is 1.83. The van der Waals surface area contributed by atoms with E-state index in [9.17, 15) is 10.1 Å². The van der Waals surface area contributed by atoms with E-state index in [4.69, 9.17) is 9.47 Å². The molecule has 1 N–H and O–H groups in total. The van der Waals surface area contributed by atoms with Crippen molar-refractivity contribution < 1.29 is 14.4 Å². The zero-order chi connectivity index (χ0) is 16.4. The van der Waals surface area contributed by atoms with Crippen LogP contribution in [-0.2, 0) is 6.54 Å². The first-order valence-electron chi connectivity index (χ1n) is 7.40. The fourth-order valence-electron chi connectivity index (χ4n) is 2.64. The highest BCUT2D eigenvalue weighted by atomic mass is 32.1. The van der Waals surface area contributed by atoms with Gasteiger partial charge < -0.3 is 14.8 Å². The highest BCUT2D eigenvalue weighted by Crippen LogP contribution is 2.38. The second kappa shape index (κ2) is 6.55. The predicted molar refractivity (Wildman–Crippen MR) is 88.0 cm³/mol. The Morgan fingerprint density at radius 3 is 2.70 bits per heavy atom. The van der Waals surface area contributed by atoms with Crippen LogP contribution in [0.3, 0.4) is 0 Å². The third kappa shape index (κ3) is 3.30. The summed E-state index contributed by atoms with van der Waals surface area (Å²) in [5.41, 5.74) is 0.650. The Kier molecular flexibility index (Phi) is 4.49. The number of rotatable bonds is 6. The van der Waals surface area contributed by atoms with E-state index in [2.05, 4.69) is 25.2 Å². The van der Waals surface area contributed by atoms with Crippen LogP contribution in [-0.4, -0.2) is 11.7 Å². The van der Waals surface area contributed by atoms with Crippen LogP contribution in [0.4, 0.5) is 5.69 Å². The Labute approximate surface area is 138 Å². The molecule has 0 aliphatic carbocycles. The van der Waals surface area contributed by atoms with Crippen molar-refractivity contribution >= 4 is 17.0 Å². The average Bonchev–Trinajstić information content (AvgIpc) is 3.16. The van der Waals surface area contributed by atoms with Crippen LogP contribution in [0.5, 0.6) is 11.5 Å². The molecule has 6 nitrogen and oxygen atoms in total. The van der Waals surface area contributed by atoms with Crippen LogP contribution in [0.1, 0.15) is 30.3 Å². The van der Waals surface area contributed by atoms with Crippen LogP contribution in [0, 0.1) is 16.0 Å². The Hall–Kier alpha value is -2.12. The number of nitrogens with one attached hydrogen (secondary N) is 1. The third-order valence-corrected chi connectivity index (χ3v) is 4.75. The lowest BCUT2D eigenvalue weighted by molar-refractivity contribution is -0.385. The maximum absolute atomic E-state index is 11.3. The summed E-state index contributed by atoms with van der Waals surface area (Å²) in [6, 6.07) is 7.38. The first-order valence-corrected chi connectivity index (χ1v) is 8.28. The molecule has 0 spiro atoms. The van der Waals surface area contributed by atoms with Gasteiger partial charge in [0.25, 0.3) is 5.69 Å². The van der Waals surface area contributed by atoms with Gasteiger partial charge in [-0.1, -0.05) is 19.9 Å². The van der Waals surface area contributed by atoms with E-state index < -0.39 is 0 Å². The number of ether oxygens (including phenoxy) is 2. The monoisotopic (exact) mass is 334 g/mol. The molecule has 2 aromatic rings. The molecule has 0 fully saturated rings. The van der Waals surface area contributed by atoms with E-state index in [0.29, 0.717) is 29.5 Å². The van der Waals surface area contributed by atoms with Crippen LogP contribution in [0.15, 0.2) is 29.6 Å². The van der Waals surface area contributed by atoms with Crippen molar-refractivity contribution in [3.8, 4) is 11.5 Å². The number of nitrogens with zero attached hydrogens (tertiary/aromatic N) is 1. The van der Waals surface area contributed by atoms with Gasteiger partial charge in [0.2, 0.25) is 6.79 Å². The van der Waals surface area contributed by atoms with Gasteiger partial charge in [0.15, 0.2) is 11.5 Å². The molecule has 0 bridgehead atoms. The third-order valence-electron chi connectivity index (χ3n) is 3.80. The zero-order valence-corrected chi connectivity index (χ0v) is 13.8. The topological polar surface area (TPSA) is 73.6 Å². The van der Waals surface area contributed by atoms with Gasteiger partial charge in [-0.15, -0.1) is 11.3 Å². The minimum Gasteiger partial charge on any atom is -0.454 e. The molecule has 1 aromatic carbocycles. The van der Waals surface area contributed by atoms with Crippen LogP contribution < -0.4 is 14.8 Å². The smallest absolute Gasteiger partial charge is 0.277 e. The summed E-state index contributed by atoms with van der Waals surface area (Å²) < 4.78 is 10.6. The van der Waals surface area contributed by atoms with Crippen molar-refractivity contribution in [2.24, 2.45) is 5.92 Å². The molecule has 0 amide bonds. The van der Waals surface area contributed by atoms with E-state index in [1.54, 1.807) is 17.4 Å². The minimum atomic E-state index is -0.380. The van der Waals surface area contributed by atoms with Crippen molar-refractivity contribution in [2.75, 3.05) is 6.79 Å². The number of nitro benzene ring substituents is 1. The van der Waals surface area contributed by atoms with Gasteiger partial charge in [-0.05, 0) is 23.4 Å². The molecule has 1 aromatic heterocycles. The van der Waals surface area contributed by atoms with Crippen molar-refractivity contribution in [1.82, 2.24) is 5.32 Å². The molecule has 0 radical (unpaired) electrons. The molecule has 1 aliphatic heterocycles. The minimum absolute atomic E-state index is 0.0513. The van der Waals surface area contributed by atoms with Crippen LogP contribution in [0.25, 0.3) is 0 Å². The predicted octanol–water partition coefficient (Wildman–Crippen LogP) is 3.87. The van der Waals surface area contributed by atoms with Gasteiger partial charge in [-0.2, -0.15) is 0 Å². The second-order valence-electron chi connectivity index (χ2n) is 5.71. The highest BCUT2D eigenvalue weighted by Gasteiger charge is 2.24. The summed E-state index contributed by atoms with van der Waals surface area (Å²) >= 11 is 1.68. The summed E-state index contributed by atoms with van der Waals surface area (Å²) in [4.78, 5) is 12.2. The number of hydrogen-bond acceptors (Lipinski definition) is 6. The quantitative estimate of drug-likeness (QED) is 0.641. The lowest BCUT2D eigenvalue weighted by atomic mass is 10.0. The molecule has 1 aliphatic rings. The maximum Gasteiger partial charge on any atom is 0.277 e. The zero-order valence-electron chi connectivity index (χ0n) is 12.9. The molecule has 3 rings (SSSR count). The van der Waals surface area contributed by atoms with Crippen molar-refractivity contribution in [3.63, 3.8) is 0 Å². The summed E-state index contributed by atoms with van der Waals surface area (Å²) in [6.07, 6.45) is 0. The Morgan fingerprint density at radius 2 is 2.09 bits per heavy atom. The molecular formula is C16H18N2O4S. The van der Waals surface area contributed by atoms with Crippen molar-refractivity contribution in [2.45, 2.75) is 26.4 Å². The molecular weight excluding hydrogens is 316 g/mol. The fraction of sp³-hybridized carbons (Fsp3) is 0.375. The summed E-state index contributed by atoms with van der Waals surface area (Å²) in [7, 11) is 0. The Morgan fingerprint density at radius 1 is 1.35 bits per heavy atom. The number of nitro groups is 1. The van der Waals surface area contributed by atoms with E-state index in [1.807, 2.05) is 11.4 Å². The fourth-order valence-corrected chi connectivity index (χ4v) is 3.61. The van der Waals surface area contributed by atoms with E-state index in [-0.39, 0.29) is 23.4 Å². The lowest BCUT2D eigenvalue weighted by Crippen LogP contribution is -2.25. The second-order valence-corrected chi connectivity index (χ2v) is 6.69. The molecule has 2 heterocycles. The highest BCUT2D eigenvalue weighted by molar-refractivity contribution is 7.10. The first-order chi connectivity index (χ1) is 11.1. The van der Waals surface area contributed by atoms with Crippen LogP contribution >= 0.6 is 11.3 Å². The standard InChI is InChI=1S/C16H18N2O4S/c1-10(2)16(15-4-3-5-23-15)17-8-11-6-13-14(22-9-21-13)7-12(11)18(19)20/h3-7,10,16-17H,8-9H2,1-2H3/t16-/m0/s1. The number of thiophene rings is 1. The lowest BCUT2D eigenvalue weighted by Gasteiger charge is -2.21. The van der Waals surface area contributed by atoms with Gasteiger partial charge in [0.05, 0.1) is 11.0 Å². The van der Waals surface area contributed by atoms with Gasteiger partial charge in [0.1, 0.15) is 0 Å². The van der Waals surface area contributed by atoms with E-state index in [0.717, 1.165) is 0 Å². The SMILES string of the molecule is CC(C)[C@H](NCc1cc2c(cc1[N+](=O)[O-])OCO2)c1cccs1. The van der Waals surface area contributed by atoms with Crippen molar-refractivity contribution in [3.05, 3.63) is 50.2 Å². The normalized spacial score (nSPS) is 14.2. The van der Waals surface area contributed by atoms with E-state index >= 15 is 0 Å². The van der Waals surface area contributed by atoms with Gasteiger partial charge >= 0.3 is 0 Å². The Bertz CT molecular complexity index is 700. The molecule has 122 valence electrons. The number of hydrogen-bond donors (Lipinski definition) is 1. The average molecular weight is 334 g/mol. The first kappa shape index (κ1) is 15.8. The summed E-state index contributed by atoms with van der Waals surface area (Å²) in [6.45, 7) is 4.76. The molecule has 7 heteroatoms. The van der Waals surface area contributed by atoms with Gasteiger partial charge in [-0.25, -0.2) is 0 Å². The van der Waals surface area contributed by atoms with Gasteiger partial charge in [0, 0.05) is 23.0 Å². The van der Waals surface area contributed by atoms with Crippen molar-refractivity contribution in [1.29, 1.82) is 0 Å². The molecule has 1 atom stereocenters. The maximum atomic E-state index is 11.3. The number of fused-ring (bicyclic) bond motifs is 1. The van der Waals surface area contributed by atoms with Gasteiger partial charge in [-0.3, -0.25) is 10.1 Å². The number of benzene rings is 1. The molecule has 0 unspecified atom stereocenters. The molecule has 0 saturated carbocycles.